The minimum atomic E-state index is -3.03. The van der Waals surface area contributed by atoms with E-state index in [9.17, 15) is 8.42 Å². The predicted octanol–water partition coefficient (Wildman–Crippen LogP) is -0.372. The highest BCUT2D eigenvalue weighted by Gasteiger charge is 1.89. The maximum absolute atomic E-state index is 10.2. The van der Waals surface area contributed by atoms with E-state index < -0.39 is 15.8 Å². The average molecular weight is 196 g/mol. The van der Waals surface area contributed by atoms with Gasteiger partial charge in [0.15, 0.2) is 9.84 Å². The molecule has 0 aromatic heterocycles. The lowest BCUT2D eigenvalue weighted by molar-refractivity contribution is -0.134. The van der Waals surface area contributed by atoms with Crippen molar-refractivity contribution in [1.82, 2.24) is 0 Å². The van der Waals surface area contributed by atoms with Crippen LogP contribution in [0.4, 0.5) is 0 Å². The highest BCUT2D eigenvalue weighted by Crippen LogP contribution is 1.82. The van der Waals surface area contributed by atoms with Crippen LogP contribution in [0.1, 0.15) is 6.92 Å². The lowest BCUT2D eigenvalue weighted by Crippen LogP contribution is -1.88. The fourth-order valence-corrected chi connectivity index (χ4v) is 0.653. The third-order valence-corrected chi connectivity index (χ3v) is 1.14. The molecule has 72 valence electrons. The van der Waals surface area contributed by atoms with Crippen molar-refractivity contribution in [3.8, 4) is 0 Å². The molecule has 0 rings (SSSR count). The van der Waals surface area contributed by atoms with Crippen LogP contribution >= 0.6 is 0 Å². The number of hydrogen-bond donors (Lipinski definition) is 2. The molecule has 0 radical (unpaired) electrons. The number of hydrogen-bond acceptors (Lipinski definition) is 4. The van der Waals surface area contributed by atoms with Crippen molar-refractivity contribution in [3.63, 3.8) is 0 Å². The van der Waals surface area contributed by atoms with Crippen LogP contribution in [0.25, 0.3) is 0 Å². The van der Waals surface area contributed by atoms with Crippen molar-refractivity contribution < 1.29 is 23.4 Å². The largest absolute Gasteiger partial charge is 0.481 e. The van der Waals surface area contributed by atoms with Crippen LogP contribution in [-0.4, -0.2) is 37.5 Å². The minimum absolute atomic E-state index is 0.229. The third kappa shape index (κ3) is 35.4. The number of carboxylic acid groups (broad SMARTS) is 1. The summed E-state index contributed by atoms with van der Waals surface area (Å²) >= 11 is 0. The molecule has 0 fully saturated rings. The Kier molecular flexibility index (Phi) is 7.77. The minimum Gasteiger partial charge on any atom is -0.481 e. The molecule has 0 heterocycles. The summed E-state index contributed by atoms with van der Waals surface area (Å²) < 4.78 is 20.4. The zero-order chi connectivity index (χ0) is 10.2. The van der Waals surface area contributed by atoms with E-state index >= 15 is 0 Å². The molecule has 0 saturated carbocycles. The second-order valence-electron chi connectivity index (χ2n) is 1.90. The summed E-state index contributed by atoms with van der Waals surface area (Å²) in [5.74, 6) is -0.833. The van der Waals surface area contributed by atoms with E-state index in [1.54, 1.807) is 0 Å². The van der Waals surface area contributed by atoms with Crippen LogP contribution in [0.3, 0.4) is 0 Å². The first-order valence-electron chi connectivity index (χ1n) is 2.96. The van der Waals surface area contributed by atoms with Crippen molar-refractivity contribution in [2.45, 2.75) is 6.92 Å². The second kappa shape index (κ2) is 6.81. The predicted molar refractivity (Wildman–Crippen MR) is 44.4 cm³/mol. The van der Waals surface area contributed by atoms with Crippen LogP contribution in [0.5, 0.6) is 0 Å². The van der Waals surface area contributed by atoms with Gasteiger partial charge in [0, 0.05) is 18.6 Å². The molecular weight excluding hydrogens is 184 g/mol. The number of aliphatic carboxylic acids is 1. The number of aliphatic hydroxyl groups is 1. The SMILES string of the molecule is CC(=O)O.CS(=O)(=O)C=CCO. The van der Waals surface area contributed by atoms with Gasteiger partial charge in [-0.3, -0.25) is 4.79 Å². The Hall–Kier alpha value is -0.880. The summed E-state index contributed by atoms with van der Waals surface area (Å²) in [7, 11) is -3.03. The van der Waals surface area contributed by atoms with Gasteiger partial charge in [-0.05, 0) is 6.08 Å². The monoisotopic (exact) mass is 196 g/mol. The van der Waals surface area contributed by atoms with Crippen LogP contribution in [-0.2, 0) is 14.6 Å². The second-order valence-corrected chi connectivity index (χ2v) is 3.83. The Morgan fingerprint density at radius 3 is 1.92 bits per heavy atom. The number of sulfone groups is 1. The van der Waals surface area contributed by atoms with Gasteiger partial charge in [-0.2, -0.15) is 0 Å². The zero-order valence-corrected chi connectivity index (χ0v) is 7.71. The lowest BCUT2D eigenvalue weighted by Gasteiger charge is -1.80. The first-order valence-corrected chi connectivity index (χ1v) is 4.92. The molecular formula is C6H12O5S. The molecule has 0 amide bonds. The molecule has 12 heavy (non-hydrogen) atoms. The Morgan fingerprint density at radius 1 is 1.50 bits per heavy atom. The Balaban J connectivity index is 0. The van der Waals surface area contributed by atoms with E-state index in [-0.39, 0.29) is 6.61 Å². The quantitative estimate of drug-likeness (QED) is 0.628. The molecule has 0 atom stereocenters. The third-order valence-electron chi connectivity index (χ3n) is 0.449. The van der Waals surface area contributed by atoms with Gasteiger partial charge in [-0.15, -0.1) is 0 Å². The van der Waals surface area contributed by atoms with E-state index in [1.165, 1.54) is 6.08 Å². The molecule has 2 N–H and O–H groups in total. The molecule has 0 aliphatic rings. The van der Waals surface area contributed by atoms with Crippen LogP contribution in [0.2, 0.25) is 0 Å². The number of carbonyl (C=O) groups is 1. The number of carboxylic acids is 1. The smallest absolute Gasteiger partial charge is 0.300 e. The van der Waals surface area contributed by atoms with Gasteiger partial charge in [0.25, 0.3) is 5.97 Å². The Labute approximate surface area is 71.3 Å². The van der Waals surface area contributed by atoms with Crippen LogP contribution < -0.4 is 0 Å². The van der Waals surface area contributed by atoms with E-state index in [1.807, 2.05) is 0 Å². The standard InChI is InChI=1S/C4H8O3S.C2H4O2/c1-8(6,7)4-2-3-5;1-2(3)4/h2,4-5H,3H2,1H3;1H3,(H,3,4). The number of aliphatic hydroxyl groups excluding tert-OH is 1. The van der Waals surface area contributed by atoms with E-state index in [2.05, 4.69) is 0 Å². The van der Waals surface area contributed by atoms with Crippen molar-refractivity contribution in [2.24, 2.45) is 0 Å². The summed E-state index contributed by atoms with van der Waals surface area (Å²) in [6, 6.07) is 0. The van der Waals surface area contributed by atoms with Crippen LogP contribution in [0, 0.1) is 0 Å². The summed E-state index contributed by atoms with van der Waals surface area (Å²) in [5, 5.41) is 16.5. The Bertz CT molecular complexity index is 235. The van der Waals surface area contributed by atoms with Crippen molar-refractivity contribution in [3.05, 3.63) is 11.5 Å². The summed E-state index contributed by atoms with van der Waals surface area (Å²) in [6.45, 7) is 0.854. The highest BCUT2D eigenvalue weighted by atomic mass is 32.2. The molecule has 0 bridgehead atoms. The molecule has 0 unspecified atom stereocenters. The van der Waals surface area contributed by atoms with Crippen LogP contribution in [0.15, 0.2) is 11.5 Å². The lowest BCUT2D eigenvalue weighted by atomic mass is 10.7. The molecule has 0 spiro atoms. The summed E-state index contributed by atoms with van der Waals surface area (Å²) in [6.07, 6.45) is 2.24. The zero-order valence-electron chi connectivity index (χ0n) is 6.89. The molecule has 0 aromatic carbocycles. The first-order chi connectivity index (χ1) is 5.29. The molecule has 5 nitrogen and oxygen atoms in total. The van der Waals surface area contributed by atoms with Gasteiger partial charge in [0.05, 0.1) is 6.61 Å². The van der Waals surface area contributed by atoms with Crippen molar-refractivity contribution in [1.29, 1.82) is 0 Å². The fourth-order valence-electron chi connectivity index (χ4n) is 0.218. The summed E-state index contributed by atoms with van der Waals surface area (Å²) in [5.41, 5.74) is 0. The number of rotatable bonds is 2. The van der Waals surface area contributed by atoms with Gasteiger partial charge < -0.3 is 10.2 Å². The topological polar surface area (TPSA) is 91.7 Å². The Morgan fingerprint density at radius 2 is 1.83 bits per heavy atom. The van der Waals surface area contributed by atoms with Gasteiger partial charge in [0.1, 0.15) is 0 Å². The van der Waals surface area contributed by atoms with Gasteiger partial charge >= 0.3 is 0 Å². The van der Waals surface area contributed by atoms with E-state index in [4.69, 9.17) is 15.0 Å². The first kappa shape index (κ1) is 13.7. The van der Waals surface area contributed by atoms with Gasteiger partial charge in [0.2, 0.25) is 0 Å². The molecule has 0 saturated heterocycles. The maximum Gasteiger partial charge on any atom is 0.300 e. The molecule has 0 aliphatic heterocycles. The fraction of sp³-hybridized carbons (Fsp3) is 0.500. The van der Waals surface area contributed by atoms with Gasteiger partial charge in [-0.1, -0.05) is 0 Å². The highest BCUT2D eigenvalue weighted by molar-refractivity contribution is 7.93. The van der Waals surface area contributed by atoms with Crippen molar-refractivity contribution >= 4 is 15.8 Å². The molecule has 0 aromatic rings. The average Bonchev–Trinajstić information content (AvgIpc) is 1.80. The van der Waals surface area contributed by atoms with E-state index in [0.29, 0.717) is 0 Å². The van der Waals surface area contributed by atoms with E-state index in [0.717, 1.165) is 18.6 Å². The van der Waals surface area contributed by atoms with Crippen molar-refractivity contribution in [2.75, 3.05) is 12.9 Å². The normalized spacial score (nSPS) is 10.6. The maximum atomic E-state index is 10.2. The molecule has 6 heteroatoms. The summed E-state index contributed by atoms with van der Waals surface area (Å²) in [4.78, 5) is 9.00. The molecule has 0 aliphatic carbocycles. The van der Waals surface area contributed by atoms with Gasteiger partial charge in [-0.25, -0.2) is 8.42 Å².